The number of allylic oxidation sites excluding steroid dienone is 5. The van der Waals surface area contributed by atoms with Crippen LogP contribution in [0.5, 0.6) is 0 Å². The van der Waals surface area contributed by atoms with Gasteiger partial charge in [0.05, 0.1) is 39.9 Å². The van der Waals surface area contributed by atoms with E-state index in [1.165, 1.54) is 25.7 Å². The van der Waals surface area contributed by atoms with E-state index in [0.717, 1.165) is 64.2 Å². The molecule has 0 heterocycles. The van der Waals surface area contributed by atoms with Gasteiger partial charge < -0.3 is 28.8 Å². The number of likely N-dealkylation sites (N-methyl/N-ethyl adjacent to an activating group) is 1. The number of phosphoric ester groups is 1. The highest BCUT2D eigenvalue weighted by molar-refractivity contribution is 7.45. The van der Waals surface area contributed by atoms with Crippen molar-refractivity contribution in [2.75, 3.05) is 40.9 Å². The molecule has 3 atom stereocenters. The fourth-order valence-corrected chi connectivity index (χ4v) is 4.67. The Hall–Kier alpha value is -1.28. The lowest BCUT2D eigenvalue weighted by Gasteiger charge is -2.29. The normalized spacial score (nSPS) is 15.6. The van der Waals surface area contributed by atoms with Crippen LogP contribution in [0.25, 0.3) is 0 Å². The Morgan fingerprint density at radius 2 is 1.37 bits per heavy atom. The number of aliphatic hydroxyl groups excluding tert-OH is 1. The molecule has 9 heteroatoms. The van der Waals surface area contributed by atoms with Gasteiger partial charge in [-0.05, 0) is 44.9 Å². The van der Waals surface area contributed by atoms with Crippen molar-refractivity contribution < 1.29 is 32.9 Å². The van der Waals surface area contributed by atoms with Crippen molar-refractivity contribution in [2.24, 2.45) is 0 Å². The molecule has 0 saturated carbocycles. The fraction of sp³-hybridized carbons (Fsp3) is 0.781. The number of quaternary nitrogens is 1. The topological polar surface area (TPSA) is 108 Å². The molecule has 0 aromatic carbocycles. The summed E-state index contributed by atoms with van der Waals surface area (Å²) in [4.78, 5) is 24.8. The summed E-state index contributed by atoms with van der Waals surface area (Å²) in [5.41, 5.74) is 0. The summed E-state index contributed by atoms with van der Waals surface area (Å²) < 4.78 is 22.8. The Morgan fingerprint density at radius 3 is 1.95 bits per heavy atom. The van der Waals surface area contributed by atoms with Crippen molar-refractivity contribution >= 4 is 13.7 Å². The van der Waals surface area contributed by atoms with E-state index < -0.39 is 26.6 Å². The first-order valence-corrected chi connectivity index (χ1v) is 17.3. The van der Waals surface area contributed by atoms with Gasteiger partial charge in [0.1, 0.15) is 13.2 Å². The van der Waals surface area contributed by atoms with Gasteiger partial charge in [-0.3, -0.25) is 9.36 Å². The second-order valence-corrected chi connectivity index (χ2v) is 13.2. The number of carbonyl (C=O) groups excluding carboxylic acids is 1. The molecule has 0 saturated heterocycles. The molecule has 2 N–H and O–H groups in total. The predicted molar refractivity (Wildman–Crippen MR) is 168 cm³/mol. The molecule has 240 valence electrons. The standard InChI is InChI=1S/C32H61N2O6P/c1-6-8-10-12-13-14-15-16-17-18-19-20-22-23-25-31(35)30(33-32(36)26-24-21-11-9-7-2)29-40-41(37,38)39-28-27-34(3,4)5/h14-15,18-19,23,25,30-31,35H,6-13,16-17,20-22,24,26-29H2,1-5H3,(H-,33,36,37,38)/b15-14+,19-18+,25-23+. The van der Waals surface area contributed by atoms with Gasteiger partial charge in [-0.2, -0.15) is 0 Å². The Bertz CT molecular complexity index is 779. The summed E-state index contributed by atoms with van der Waals surface area (Å²) in [5, 5.41) is 13.5. The molecule has 0 bridgehead atoms. The van der Waals surface area contributed by atoms with Crippen molar-refractivity contribution in [1.29, 1.82) is 0 Å². The van der Waals surface area contributed by atoms with E-state index in [0.29, 0.717) is 17.4 Å². The highest BCUT2D eigenvalue weighted by atomic mass is 31.2. The number of nitrogens with zero attached hydrogens (tertiary/aromatic N) is 1. The van der Waals surface area contributed by atoms with Gasteiger partial charge in [-0.25, -0.2) is 0 Å². The van der Waals surface area contributed by atoms with Crippen LogP contribution in [0, 0.1) is 0 Å². The van der Waals surface area contributed by atoms with Crippen LogP contribution in [0.3, 0.4) is 0 Å². The molecule has 0 aliphatic carbocycles. The van der Waals surface area contributed by atoms with Crippen molar-refractivity contribution in [2.45, 2.75) is 122 Å². The second kappa shape index (κ2) is 25.2. The first-order valence-electron chi connectivity index (χ1n) is 15.9. The molecule has 0 aromatic rings. The number of rotatable bonds is 27. The highest BCUT2D eigenvalue weighted by Crippen LogP contribution is 2.38. The lowest BCUT2D eigenvalue weighted by molar-refractivity contribution is -0.870. The predicted octanol–water partition coefficient (Wildman–Crippen LogP) is 6.60. The van der Waals surface area contributed by atoms with Gasteiger partial charge >= 0.3 is 0 Å². The van der Waals surface area contributed by atoms with E-state index in [1.807, 2.05) is 27.2 Å². The number of hydrogen-bond donors (Lipinski definition) is 2. The van der Waals surface area contributed by atoms with E-state index in [2.05, 4.69) is 43.5 Å². The maximum atomic E-state index is 12.5. The Morgan fingerprint density at radius 1 is 0.829 bits per heavy atom. The molecular formula is C32H61N2O6P. The van der Waals surface area contributed by atoms with Gasteiger partial charge in [0.15, 0.2) is 0 Å². The summed E-state index contributed by atoms with van der Waals surface area (Å²) in [6.45, 7) is 4.45. The largest absolute Gasteiger partial charge is 0.756 e. The van der Waals surface area contributed by atoms with E-state index in [-0.39, 0.29) is 12.5 Å². The van der Waals surface area contributed by atoms with E-state index in [1.54, 1.807) is 6.08 Å². The minimum atomic E-state index is -4.57. The SMILES string of the molecule is CCCCCC/C=C/CC/C=C/CC/C=C/C(O)C(COP(=O)([O-])OCC[N+](C)(C)C)NC(=O)CCCCCCC. The molecule has 1 amide bonds. The smallest absolute Gasteiger partial charge is 0.268 e. The molecule has 41 heavy (non-hydrogen) atoms. The third kappa shape index (κ3) is 27.3. The fourth-order valence-electron chi connectivity index (χ4n) is 3.94. The van der Waals surface area contributed by atoms with Crippen LogP contribution in [-0.4, -0.2) is 68.5 Å². The van der Waals surface area contributed by atoms with Gasteiger partial charge in [-0.15, -0.1) is 0 Å². The highest BCUT2D eigenvalue weighted by Gasteiger charge is 2.23. The third-order valence-electron chi connectivity index (χ3n) is 6.58. The van der Waals surface area contributed by atoms with E-state index in [4.69, 9.17) is 9.05 Å². The van der Waals surface area contributed by atoms with Crippen LogP contribution in [0.2, 0.25) is 0 Å². The quantitative estimate of drug-likeness (QED) is 0.0476. The average molecular weight is 601 g/mol. The van der Waals surface area contributed by atoms with Crippen molar-refractivity contribution in [3.05, 3.63) is 36.5 Å². The van der Waals surface area contributed by atoms with Crippen LogP contribution in [-0.2, 0) is 18.4 Å². The Balaban J connectivity index is 4.67. The summed E-state index contributed by atoms with van der Waals surface area (Å²) in [6, 6.07) is -0.900. The lowest BCUT2D eigenvalue weighted by Crippen LogP contribution is -2.45. The van der Waals surface area contributed by atoms with E-state index >= 15 is 0 Å². The number of phosphoric acid groups is 1. The molecule has 8 nitrogen and oxygen atoms in total. The zero-order valence-corrected chi connectivity index (χ0v) is 27.6. The van der Waals surface area contributed by atoms with Crippen LogP contribution in [0.15, 0.2) is 36.5 Å². The Labute approximate surface area is 251 Å². The first kappa shape index (κ1) is 39.7. The number of amides is 1. The molecule has 0 radical (unpaired) electrons. The number of carbonyl (C=O) groups is 1. The van der Waals surface area contributed by atoms with Gasteiger partial charge in [0.25, 0.3) is 7.82 Å². The van der Waals surface area contributed by atoms with Crippen LogP contribution in [0.1, 0.15) is 110 Å². The van der Waals surface area contributed by atoms with Crippen molar-refractivity contribution in [3.63, 3.8) is 0 Å². The third-order valence-corrected chi connectivity index (χ3v) is 7.54. The zero-order chi connectivity index (χ0) is 30.8. The summed E-state index contributed by atoms with van der Waals surface area (Å²) >= 11 is 0. The molecule has 0 aromatic heterocycles. The Kier molecular flexibility index (Phi) is 24.5. The van der Waals surface area contributed by atoms with Gasteiger partial charge in [-0.1, -0.05) is 95.2 Å². The summed E-state index contributed by atoms with van der Waals surface area (Å²) in [5.74, 6) is -0.229. The maximum Gasteiger partial charge on any atom is 0.268 e. The van der Waals surface area contributed by atoms with Gasteiger partial charge in [0.2, 0.25) is 5.91 Å². The molecule has 0 aliphatic heterocycles. The van der Waals surface area contributed by atoms with Gasteiger partial charge in [0, 0.05) is 6.42 Å². The summed E-state index contributed by atoms with van der Waals surface area (Å²) in [6.07, 6.45) is 26.5. The minimum absolute atomic E-state index is 0.00955. The monoisotopic (exact) mass is 600 g/mol. The van der Waals surface area contributed by atoms with E-state index in [9.17, 15) is 19.4 Å². The number of hydrogen-bond acceptors (Lipinski definition) is 6. The molecule has 0 rings (SSSR count). The van der Waals surface area contributed by atoms with Crippen LogP contribution >= 0.6 is 7.82 Å². The number of aliphatic hydroxyl groups is 1. The molecule has 0 aliphatic rings. The molecule has 0 spiro atoms. The van der Waals surface area contributed by atoms with Crippen molar-refractivity contribution in [1.82, 2.24) is 5.32 Å². The summed E-state index contributed by atoms with van der Waals surface area (Å²) in [7, 11) is 1.22. The lowest BCUT2D eigenvalue weighted by atomic mass is 10.1. The number of unbranched alkanes of at least 4 members (excludes halogenated alkanes) is 10. The second-order valence-electron chi connectivity index (χ2n) is 11.8. The van der Waals surface area contributed by atoms with Crippen molar-refractivity contribution in [3.8, 4) is 0 Å². The molecule has 0 fully saturated rings. The number of nitrogens with one attached hydrogen (secondary N) is 1. The average Bonchev–Trinajstić information content (AvgIpc) is 2.90. The molecule has 3 unspecified atom stereocenters. The minimum Gasteiger partial charge on any atom is -0.756 e. The molecular weight excluding hydrogens is 539 g/mol. The first-order chi connectivity index (χ1) is 19.5. The zero-order valence-electron chi connectivity index (χ0n) is 26.7. The van der Waals surface area contributed by atoms with Crippen LogP contribution < -0.4 is 10.2 Å². The van der Waals surface area contributed by atoms with Crippen LogP contribution in [0.4, 0.5) is 0 Å². The maximum absolute atomic E-state index is 12.5.